The van der Waals surface area contributed by atoms with Crippen LogP contribution in [0.2, 0.25) is 0 Å². The van der Waals surface area contributed by atoms with Gasteiger partial charge in [0, 0.05) is 22.5 Å². The number of fused-ring (bicyclic) bond motifs is 6. The van der Waals surface area contributed by atoms with E-state index >= 15 is 0 Å². The molecule has 6 fully saturated rings. The van der Waals surface area contributed by atoms with Crippen LogP contribution in [-0.2, 0) is 4.74 Å². The Morgan fingerprint density at radius 1 is 0.875 bits per heavy atom. The Morgan fingerprint density at radius 2 is 1.57 bits per heavy atom. The van der Waals surface area contributed by atoms with Gasteiger partial charge in [-0.25, -0.2) is 4.79 Å². The van der Waals surface area contributed by atoms with Gasteiger partial charge in [-0.15, -0.1) is 0 Å². The van der Waals surface area contributed by atoms with Crippen LogP contribution in [-0.4, -0.2) is 29.7 Å². The standard InChI is InChI=1S/C36H54N2O2/c1-22(2)25-14-17-35(37)20-18-31(3)27(29(25)35)12-13-28-32(31,4)19-21-36-33(28,5)16-15-26(34(36,6)38-36)23-8-10-24(11-9-23)30(39)40-7/h8-11,22,25-29,38H,12-21,37H2,1-7H3/t25-,26-,27+,28-,29+,31+,32+,33+,34?,35-,36-/m0/s1. The first kappa shape index (κ1) is 27.4. The van der Waals surface area contributed by atoms with Gasteiger partial charge < -0.3 is 15.8 Å². The molecule has 11 atom stereocenters. The number of carbonyl (C=O) groups is 1. The molecule has 4 heteroatoms. The van der Waals surface area contributed by atoms with Crippen molar-refractivity contribution in [3.63, 3.8) is 0 Å². The summed E-state index contributed by atoms with van der Waals surface area (Å²) < 4.78 is 4.95. The zero-order chi connectivity index (χ0) is 28.5. The van der Waals surface area contributed by atoms with Crippen molar-refractivity contribution in [3.8, 4) is 0 Å². The number of benzene rings is 1. The van der Waals surface area contributed by atoms with Crippen LogP contribution in [0, 0.1) is 45.8 Å². The molecule has 6 aliphatic rings. The van der Waals surface area contributed by atoms with Gasteiger partial charge in [0.25, 0.3) is 0 Å². The van der Waals surface area contributed by atoms with E-state index in [1.807, 2.05) is 12.1 Å². The lowest BCUT2D eigenvalue weighted by molar-refractivity contribution is -0.212. The monoisotopic (exact) mass is 546 g/mol. The van der Waals surface area contributed by atoms with E-state index in [0.29, 0.717) is 33.6 Å². The largest absolute Gasteiger partial charge is 0.465 e. The minimum atomic E-state index is -0.252. The maximum absolute atomic E-state index is 12.0. The zero-order valence-electron chi connectivity index (χ0n) is 26.2. The van der Waals surface area contributed by atoms with E-state index in [2.05, 4.69) is 59.0 Å². The first-order valence-corrected chi connectivity index (χ1v) is 16.6. The van der Waals surface area contributed by atoms with Crippen LogP contribution >= 0.6 is 0 Å². The number of hydrogen-bond acceptors (Lipinski definition) is 4. The SMILES string of the molecule is COC(=O)c1ccc([C@@H]2CC[C@]3(C)[C@H]4CC[C@@H]5[C@H]6[C@H](C(C)C)CC[C@]6(N)CC[C@@]5(C)[C@]4(C)CC[C@]34NC24C)cc1. The van der Waals surface area contributed by atoms with Gasteiger partial charge in [0.05, 0.1) is 12.7 Å². The van der Waals surface area contributed by atoms with Gasteiger partial charge in [-0.2, -0.15) is 0 Å². The van der Waals surface area contributed by atoms with Crippen molar-refractivity contribution in [2.45, 2.75) is 128 Å². The van der Waals surface area contributed by atoms with Crippen molar-refractivity contribution in [2.75, 3.05) is 7.11 Å². The molecule has 1 aliphatic heterocycles. The molecule has 5 saturated carbocycles. The van der Waals surface area contributed by atoms with Crippen LogP contribution < -0.4 is 11.1 Å². The smallest absolute Gasteiger partial charge is 0.337 e. The number of rotatable bonds is 3. The van der Waals surface area contributed by atoms with E-state index < -0.39 is 0 Å². The van der Waals surface area contributed by atoms with Crippen LogP contribution in [0.1, 0.15) is 128 Å². The van der Waals surface area contributed by atoms with Gasteiger partial charge in [0.15, 0.2) is 0 Å². The molecule has 0 bridgehead atoms. The fraction of sp³-hybridized carbons (Fsp3) is 0.806. The molecule has 0 aromatic heterocycles. The molecule has 220 valence electrons. The first-order chi connectivity index (χ1) is 18.8. The third-order valence-corrected chi connectivity index (χ3v) is 15.6. The Hall–Kier alpha value is -1.39. The number of ether oxygens (including phenoxy) is 1. The highest BCUT2D eigenvalue weighted by Crippen LogP contribution is 2.80. The summed E-state index contributed by atoms with van der Waals surface area (Å²) in [6.07, 6.45) is 13.0. The molecule has 0 amide bonds. The maximum Gasteiger partial charge on any atom is 0.337 e. The summed E-state index contributed by atoms with van der Waals surface area (Å²) in [6, 6.07) is 8.29. The molecular weight excluding hydrogens is 492 g/mol. The molecule has 1 unspecified atom stereocenters. The summed E-state index contributed by atoms with van der Waals surface area (Å²) in [5.41, 5.74) is 10.8. The lowest BCUT2D eigenvalue weighted by Gasteiger charge is -2.71. The van der Waals surface area contributed by atoms with Crippen molar-refractivity contribution in [1.29, 1.82) is 0 Å². The zero-order valence-corrected chi connectivity index (χ0v) is 26.2. The molecular formula is C36H54N2O2. The Kier molecular flexibility index (Phi) is 5.74. The van der Waals surface area contributed by atoms with Crippen molar-refractivity contribution < 1.29 is 9.53 Å². The van der Waals surface area contributed by atoms with Crippen molar-refractivity contribution in [2.24, 2.45) is 51.6 Å². The highest BCUT2D eigenvalue weighted by molar-refractivity contribution is 5.89. The molecule has 3 N–H and O–H groups in total. The van der Waals surface area contributed by atoms with Crippen LogP contribution in [0.5, 0.6) is 0 Å². The highest BCUT2D eigenvalue weighted by Gasteiger charge is 2.82. The van der Waals surface area contributed by atoms with Crippen molar-refractivity contribution in [3.05, 3.63) is 35.4 Å². The van der Waals surface area contributed by atoms with E-state index in [9.17, 15) is 4.79 Å². The van der Waals surface area contributed by atoms with Crippen LogP contribution in [0.15, 0.2) is 24.3 Å². The van der Waals surface area contributed by atoms with Gasteiger partial charge in [-0.3, -0.25) is 0 Å². The minimum Gasteiger partial charge on any atom is -0.465 e. The molecule has 7 rings (SSSR count). The fourth-order valence-corrected chi connectivity index (χ4v) is 13.2. The molecule has 1 aromatic carbocycles. The molecule has 0 radical (unpaired) electrons. The Labute approximate surface area is 243 Å². The summed E-state index contributed by atoms with van der Waals surface area (Å²) in [5.74, 6) is 4.03. The highest BCUT2D eigenvalue weighted by atomic mass is 16.5. The van der Waals surface area contributed by atoms with Crippen LogP contribution in [0.25, 0.3) is 0 Å². The summed E-state index contributed by atoms with van der Waals surface area (Å²) >= 11 is 0. The topological polar surface area (TPSA) is 74.3 Å². The quantitative estimate of drug-likeness (QED) is 0.305. The van der Waals surface area contributed by atoms with Gasteiger partial charge in [0.2, 0.25) is 0 Å². The number of esters is 1. The molecule has 5 aliphatic carbocycles. The fourth-order valence-electron chi connectivity index (χ4n) is 13.2. The minimum absolute atomic E-state index is 0.0835. The first-order valence-electron chi connectivity index (χ1n) is 16.6. The summed E-state index contributed by atoms with van der Waals surface area (Å²) in [7, 11) is 1.46. The van der Waals surface area contributed by atoms with Gasteiger partial charge in [-0.05, 0) is 135 Å². The van der Waals surface area contributed by atoms with E-state index in [0.717, 1.165) is 23.7 Å². The van der Waals surface area contributed by atoms with Gasteiger partial charge in [0.1, 0.15) is 0 Å². The number of methoxy groups -OCH3 is 1. The predicted molar refractivity (Wildman–Crippen MR) is 161 cm³/mol. The lowest BCUT2D eigenvalue weighted by atomic mass is 9.33. The molecule has 1 heterocycles. The normalized spacial score (nSPS) is 52.6. The summed E-state index contributed by atoms with van der Waals surface area (Å²) in [6.45, 7) is 15.6. The molecule has 4 nitrogen and oxygen atoms in total. The van der Waals surface area contributed by atoms with E-state index in [4.69, 9.17) is 10.5 Å². The van der Waals surface area contributed by atoms with Crippen LogP contribution in [0.4, 0.5) is 0 Å². The third kappa shape index (κ3) is 3.09. The Morgan fingerprint density at radius 3 is 2.25 bits per heavy atom. The second kappa shape index (κ2) is 8.37. The average molecular weight is 547 g/mol. The van der Waals surface area contributed by atoms with Crippen molar-refractivity contribution >= 4 is 5.97 Å². The molecule has 1 aromatic rings. The van der Waals surface area contributed by atoms with Crippen molar-refractivity contribution in [1.82, 2.24) is 5.32 Å². The Bertz CT molecular complexity index is 1210. The number of hydrogen-bond donors (Lipinski definition) is 2. The molecule has 40 heavy (non-hydrogen) atoms. The third-order valence-electron chi connectivity index (χ3n) is 15.6. The van der Waals surface area contributed by atoms with Gasteiger partial charge >= 0.3 is 5.97 Å². The molecule has 1 spiro atoms. The second-order valence-electron chi connectivity index (χ2n) is 16.6. The van der Waals surface area contributed by atoms with Crippen LogP contribution in [0.3, 0.4) is 0 Å². The molecule has 1 saturated heterocycles. The maximum atomic E-state index is 12.0. The second-order valence-corrected chi connectivity index (χ2v) is 16.6. The summed E-state index contributed by atoms with van der Waals surface area (Å²) in [5, 5.41) is 4.25. The van der Waals surface area contributed by atoms with E-state index in [1.54, 1.807) is 0 Å². The number of nitrogens with two attached hydrogens (primary N) is 1. The van der Waals surface area contributed by atoms with E-state index in [-0.39, 0.29) is 22.6 Å². The van der Waals surface area contributed by atoms with E-state index in [1.165, 1.54) is 76.9 Å². The lowest BCUT2D eigenvalue weighted by Crippen LogP contribution is -2.69. The number of carbonyl (C=O) groups excluding carboxylic acids is 1. The van der Waals surface area contributed by atoms with Gasteiger partial charge in [-0.1, -0.05) is 46.8 Å². The predicted octanol–water partition coefficient (Wildman–Crippen LogP) is 7.46. The Balaban J connectivity index is 1.20. The number of nitrogens with one attached hydrogen (secondary N) is 1. The average Bonchev–Trinajstić information content (AvgIpc) is 3.41. The summed E-state index contributed by atoms with van der Waals surface area (Å²) in [4.78, 5) is 12.0.